The summed E-state index contributed by atoms with van der Waals surface area (Å²) in [6.45, 7) is 9.38. The number of epoxide rings is 1. The van der Waals surface area contributed by atoms with Crippen molar-refractivity contribution in [3.05, 3.63) is 11.6 Å². The Morgan fingerprint density at radius 3 is 2.81 bits per heavy atom. The quantitative estimate of drug-likeness (QED) is 0.482. The van der Waals surface area contributed by atoms with E-state index in [1.54, 1.807) is 5.57 Å². The first-order valence-corrected chi connectivity index (χ1v) is 6.86. The fourth-order valence-electron chi connectivity index (χ4n) is 4.29. The lowest BCUT2D eigenvalue weighted by atomic mass is 9.60. The summed E-state index contributed by atoms with van der Waals surface area (Å²) in [7, 11) is 0. The van der Waals surface area contributed by atoms with Crippen LogP contribution in [-0.2, 0) is 4.74 Å². The Bertz CT molecular complexity index is 343. The SMILES string of the molecule is CC1=CC2C(C(C)C)CC[C@]3(C)O[C@]23CC1. The average Bonchev–Trinajstić information content (AvgIpc) is 2.81. The van der Waals surface area contributed by atoms with Crippen LogP contribution in [0.25, 0.3) is 0 Å². The topological polar surface area (TPSA) is 12.5 Å². The molecule has 4 atom stereocenters. The highest BCUT2D eigenvalue weighted by Crippen LogP contribution is 2.66. The van der Waals surface area contributed by atoms with E-state index in [2.05, 4.69) is 33.8 Å². The molecule has 1 nitrogen and oxygen atoms in total. The summed E-state index contributed by atoms with van der Waals surface area (Å²) in [5, 5.41) is 0. The predicted molar refractivity (Wildman–Crippen MR) is 66.3 cm³/mol. The fraction of sp³-hybridized carbons (Fsp3) is 0.867. The summed E-state index contributed by atoms with van der Waals surface area (Å²) in [6, 6.07) is 0. The first-order valence-electron chi connectivity index (χ1n) is 6.86. The lowest BCUT2D eigenvalue weighted by Gasteiger charge is -2.41. The van der Waals surface area contributed by atoms with Gasteiger partial charge in [0, 0.05) is 5.92 Å². The zero-order chi connectivity index (χ0) is 11.6. The number of ether oxygens (including phenoxy) is 1. The minimum atomic E-state index is 0.222. The van der Waals surface area contributed by atoms with Crippen LogP contribution in [0.3, 0.4) is 0 Å². The van der Waals surface area contributed by atoms with Crippen molar-refractivity contribution < 1.29 is 4.74 Å². The molecule has 3 aliphatic rings. The Morgan fingerprint density at radius 2 is 2.12 bits per heavy atom. The third-order valence-corrected chi connectivity index (χ3v) is 5.43. The van der Waals surface area contributed by atoms with Crippen LogP contribution in [-0.4, -0.2) is 11.2 Å². The van der Waals surface area contributed by atoms with Gasteiger partial charge in [0.1, 0.15) is 5.60 Å². The lowest BCUT2D eigenvalue weighted by Crippen LogP contribution is -2.43. The molecule has 0 N–H and O–H groups in total. The normalized spacial score (nSPS) is 50.7. The molecule has 0 aromatic carbocycles. The summed E-state index contributed by atoms with van der Waals surface area (Å²) in [6.07, 6.45) is 7.68. The molecule has 2 fully saturated rings. The largest absolute Gasteiger partial charge is 0.362 e. The number of hydrogen-bond acceptors (Lipinski definition) is 1. The Labute approximate surface area is 99.3 Å². The van der Waals surface area contributed by atoms with Crippen molar-refractivity contribution >= 4 is 0 Å². The zero-order valence-corrected chi connectivity index (χ0v) is 11.0. The van der Waals surface area contributed by atoms with E-state index in [4.69, 9.17) is 4.74 Å². The van der Waals surface area contributed by atoms with Gasteiger partial charge < -0.3 is 4.74 Å². The van der Waals surface area contributed by atoms with Gasteiger partial charge in [-0.25, -0.2) is 0 Å². The minimum Gasteiger partial charge on any atom is -0.362 e. The smallest absolute Gasteiger partial charge is 0.104 e. The Hall–Kier alpha value is -0.300. The molecule has 2 aliphatic carbocycles. The van der Waals surface area contributed by atoms with Crippen LogP contribution in [0.1, 0.15) is 53.4 Å². The van der Waals surface area contributed by atoms with E-state index in [9.17, 15) is 0 Å². The van der Waals surface area contributed by atoms with Gasteiger partial charge in [0.25, 0.3) is 0 Å². The van der Waals surface area contributed by atoms with Crippen molar-refractivity contribution in [2.75, 3.05) is 0 Å². The summed E-state index contributed by atoms with van der Waals surface area (Å²) < 4.78 is 6.24. The van der Waals surface area contributed by atoms with Gasteiger partial charge in [-0.05, 0) is 51.4 Å². The lowest BCUT2D eigenvalue weighted by molar-refractivity contribution is 0.137. The molecular weight excluding hydrogens is 196 g/mol. The van der Waals surface area contributed by atoms with Gasteiger partial charge in [-0.3, -0.25) is 0 Å². The van der Waals surface area contributed by atoms with Crippen molar-refractivity contribution in [3.8, 4) is 0 Å². The van der Waals surface area contributed by atoms with Crippen LogP contribution in [0, 0.1) is 17.8 Å². The first-order chi connectivity index (χ1) is 7.48. The van der Waals surface area contributed by atoms with Gasteiger partial charge in [-0.1, -0.05) is 25.5 Å². The molecule has 1 saturated carbocycles. The van der Waals surface area contributed by atoms with Gasteiger partial charge in [-0.15, -0.1) is 0 Å². The minimum absolute atomic E-state index is 0.222. The van der Waals surface area contributed by atoms with Crippen molar-refractivity contribution in [2.45, 2.75) is 64.6 Å². The molecule has 90 valence electrons. The van der Waals surface area contributed by atoms with Crippen LogP contribution in [0.15, 0.2) is 11.6 Å². The molecule has 1 heterocycles. The average molecular weight is 220 g/mol. The third-order valence-electron chi connectivity index (χ3n) is 5.43. The van der Waals surface area contributed by atoms with E-state index < -0.39 is 0 Å². The molecule has 0 bridgehead atoms. The monoisotopic (exact) mass is 220 g/mol. The van der Waals surface area contributed by atoms with Gasteiger partial charge in [0.05, 0.1) is 5.60 Å². The van der Waals surface area contributed by atoms with Gasteiger partial charge in [0.2, 0.25) is 0 Å². The molecule has 1 saturated heterocycles. The van der Waals surface area contributed by atoms with Crippen LogP contribution in [0.2, 0.25) is 0 Å². The molecule has 0 aromatic rings. The van der Waals surface area contributed by atoms with Crippen molar-refractivity contribution in [1.29, 1.82) is 0 Å². The van der Waals surface area contributed by atoms with Crippen LogP contribution in [0.4, 0.5) is 0 Å². The Balaban J connectivity index is 1.97. The predicted octanol–water partition coefficient (Wildman–Crippen LogP) is 3.94. The summed E-state index contributed by atoms with van der Waals surface area (Å²) in [5.41, 5.74) is 2.04. The van der Waals surface area contributed by atoms with Crippen LogP contribution >= 0.6 is 0 Å². The van der Waals surface area contributed by atoms with Crippen molar-refractivity contribution in [3.63, 3.8) is 0 Å². The van der Waals surface area contributed by atoms with Crippen molar-refractivity contribution in [2.24, 2.45) is 17.8 Å². The van der Waals surface area contributed by atoms with E-state index in [0.717, 1.165) is 11.8 Å². The molecule has 3 rings (SSSR count). The van der Waals surface area contributed by atoms with E-state index in [1.807, 2.05) is 0 Å². The maximum atomic E-state index is 6.24. The third kappa shape index (κ3) is 1.21. The maximum Gasteiger partial charge on any atom is 0.104 e. The standard InChI is InChI=1S/C15H24O/c1-10(2)12-6-7-14(4)15(16-14)8-5-11(3)9-13(12)15/h9-10,12-13H,5-8H2,1-4H3/t12?,13?,14-,15+/m0/s1. The van der Waals surface area contributed by atoms with Gasteiger partial charge in [-0.2, -0.15) is 0 Å². The van der Waals surface area contributed by atoms with Gasteiger partial charge in [0.15, 0.2) is 0 Å². The molecule has 1 heteroatoms. The Kier molecular flexibility index (Phi) is 2.12. The van der Waals surface area contributed by atoms with Crippen molar-refractivity contribution in [1.82, 2.24) is 0 Å². The maximum absolute atomic E-state index is 6.24. The molecule has 1 aliphatic heterocycles. The molecule has 16 heavy (non-hydrogen) atoms. The van der Waals surface area contributed by atoms with E-state index in [0.29, 0.717) is 5.92 Å². The highest BCUT2D eigenvalue weighted by molar-refractivity contribution is 5.29. The molecule has 0 aromatic heterocycles. The van der Waals surface area contributed by atoms with E-state index in [-0.39, 0.29) is 11.2 Å². The van der Waals surface area contributed by atoms with Gasteiger partial charge >= 0.3 is 0 Å². The molecule has 0 amide bonds. The Morgan fingerprint density at radius 1 is 1.38 bits per heavy atom. The molecule has 2 unspecified atom stereocenters. The van der Waals surface area contributed by atoms with Crippen LogP contribution < -0.4 is 0 Å². The molecule has 1 spiro atoms. The summed E-state index contributed by atoms with van der Waals surface area (Å²) in [5.74, 6) is 2.32. The second-order valence-corrected chi connectivity index (χ2v) is 6.71. The highest BCUT2D eigenvalue weighted by Gasteiger charge is 2.72. The zero-order valence-electron chi connectivity index (χ0n) is 11.0. The second kappa shape index (κ2) is 3.13. The number of hydrogen-bond donors (Lipinski definition) is 0. The van der Waals surface area contributed by atoms with E-state index in [1.165, 1.54) is 25.7 Å². The summed E-state index contributed by atoms with van der Waals surface area (Å²) >= 11 is 0. The first kappa shape index (κ1) is 10.8. The van der Waals surface area contributed by atoms with Crippen LogP contribution in [0.5, 0.6) is 0 Å². The van der Waals surface area contributed by atoms with E-state index >= 15 is 0 Å². The number of rotatable bonds is 1. The summed E-state index contributed by atoms with van der Waals surface area (Å²) in [4.78, 5) is 0. The highest BCUT2D eigenvalue weighted by atomic mass is 16.6. The molecular formula is C15H24O. The molecule has 0 radical (unpaired) electrons. The fourth-order valence-corrected chi connectivity index (χ4v) is 4.29. The second-order valence-electron chi connectivity index (χ2n) is 6.71. The number of allylic oxidation sites excluding steroid dienone is 1.